The van der Waals surface area contributed by atoms with E-state index in [9.17, 15) is 20.1 Å². The van der Waals surface area contributed by atoms with E-state index >= 15 is 9.59 Å². The lowest BCUT2D eigenvalue weighted by Crippen LogP contribution is -2.60. The normalized spacial score (nSPS) is 29.5. The van der Waals surface area contributed by atoms with Gasteiger partial charge >= 0.3 is 17.6 Å². The van der Waals surface area contributed by atoms with Gasteiger partial charge in [-0.15, -0.1) is 0 Å². The topological polar surface area (TPSA) is 162 Å². The number of ether oxygens (including phenoxy) is 4. The monoisotopic (exact) mass is 1160 g/mol. The Hall–Kier alpha value is -7.59. The van der Waals surface area contributed by atoms with E-state index in [1.165, 1.54) is 41.3 Å². The molecule has 3 aliphatic heterocycles. The molecule has 2 fully saturated rings. The Kier molecular flexibility index (Phi) is 15.4. The molecule has 1 aromatic heterocycles. The molecule has 5 aromatic carbocycles. The van der Waals surface area contributed by atoms with Gasteiger partial charge in [-0.3, -0.25) is 4.79 Å². The van der Waals surface area contributed by atoms with Crippen molar-refractivity contribution in [3.63, 3.8) is 0 Å². The Morgan fingerprint density at radius 2 is 1.67 bits per heavy atom. The first-order valence-electron chi connectivity index (χ1n) is 31.7. The number of hydrogen-bond donors (Lipinski definition) is 3. The standard InChI is InChI=1S/C76H76O11/c1-45(42-78)58-27-20-46-21-28-60-51(36-46)14-7-10-34-76(57-39-52-23-22-47-12-3-5-18-59(47)63(52)41-57)72(86-73(58)81)71(69-66(87-76)31-30-62-64(43-79)68(74(82)85-70(62)69)53(32-35-77)44-83-2)84-67(80)40-54-37-50(25-29-61(54)60)49-15-11-17-56(38-49)75-33-9-8-16-55(75)26-24-48-13-4-6-19-65(48)75/h3-6,11-13,15,17-19,21-26,28-31,36,38,50,52-55,57,61,63,71-72,77-79H,8-9,14,16,20,27,32-35,37,39-44H2,1-2H3. The lowest BCUT2D eigenvalue weighted by molar-refractivity contribution is -0.202. The van der Waals surface area contributed by atoms with Crippen LogP contribution in [0.25, 0.3) is 23.1 Å². The van der Waals surface area contributed by atoms with Gasteiger partial charge < -0.3 is 38.7 Å². The van der Waals surface area contributed by atoms with Crippen LogP contribution in [0.1, 0.15) is 174 Å². The highest BCUT2D eigenvalue weighted by molar-refractivity contribution is 5.91. The molecule has 14 rings (SSSR count). The van der Waals surface area contributed by atoms with Crippen molar-refractivity contribution >= 4 is 35.1 Å². The van der Waals surface area contributed by atoms with E-state index in [0.29, 0.717) is 54.6 Å². The van der Waals surface area contributed by atoms with Gasteiger partial charge in [-0.1, -0.05) is 152 Å². The van der Waals surface area contributed by atoms with Crippen molar-refractivity contribution in [3.8, 4) is 17.6 Å². The maximum absolute atomic E-state index is 16.0. The Morgan fingerprint density at radius 3 is 2.52 bits per heavy atom. The van der Waals surface area contributed by atoms with Crippen molar-refractivity contribution in [3.05, 3.63) is 216 Å². The molecule has 8 aliphatic rings. The van der Waals surface area contributed by atoms with Crippen LogP contribution in [0.3, 0.4) is 0 Å². The van der Waals surface area contributed by atoms with Crippen LogP contribution in [0.4, 0.5) is 0 Å². The van der Waals surface area contributed by atoms with Crippen molar-refractivity contribution in [2.75, 3.05) is 26.9 Å². The maximum atomic E-state index is 16.0. The first-order chi connectivity index (χ1) is 42.5. The summed E-state index contributed by atoms with van der Waals surface area (Å²) in [6.45, 7) is 0.624. The van der Waals surface area contributed by atoms with E-state index in [1.54, 1.807) is 19.1 Å². The molecule has 12 unspecified atom stereocenters. The summed E-state index contributed by atoms with van der Waals surface area (Å²) in [7, 11) is 1.51. The quantitative estimate of drug-likeness (QED) is 0.0393. The number of aryl methyl sites for hydroxylation is 1. The highest BCUT2D eigenvalue weighted by Gasteiger charge is 2.62. The average Bonchev–Trinajstić information content (AvgIpc) is 1.64. The second-order valence-corrected chi connectivity index (χ2v) is 25.9. The predicted octanol–water partition coefficient (Wildman–Crippen LogP) is 13.1. The average molecular weight is 1170 g/mol. The summed E-state index contributed by atoms with van der Waals surface area (Å²) in [5.41, 5.74) is 9.82. The van der Waals surface area contributed by atoms with E-state index < -0.39 is 47.9 Å². The van der Waals surface area contributed by atoms with E-state index in [1.807, 2.05) is 0 Å². The molecule has 5 bridgehead atoms. The van der Waals surface area contributed by atoms with Gasteiger partial charge in [-0.25, -0.2) is 9.59 Å². The number of methoxy groups -OCH3 is 1. The largest absolute Gasteiger partial charge is 0.481 e. The molecule has 0 amide bonds. The van der Waals surface area contributed by atoms with Gasteiger partial charge in [0.25, 0.3) is 0 Å². The fourth-order valence-corrected chi connectivity index (χ4v) is 17.3. The molecule has 5 aliphatic carbocycles. The summed E-state index contributed by atoms with van der Waals surface area (Å²) in [6, 6.07) is 36.6. The third-order valence-electron chi connectivity index (χ3n) is 21.5. The number of benzene rings is 5. The van der Waals surface area contributed by atoms with Crippen LogP contribution >= 0.6 is 0 Å². The minimum Gasteiger partial charge on any atom is -0.481 e. The first kappa shape index (κ1) is 57.2. The van der Waals surface area contributed by atoms with Gasteiger partial charge in [0, 0.05) is 72.2 Å². The van der Waals surface area contributed by atoms with E-state index in [2.05, 4.69) is 139 Å². The summed E-state index contributed by atoms with van der Waals surface area (Å²) in [5.74, 6) is 5.49. The predicted molar refractivity (Wildman–Crippen MR) is 334 cm³/mol. The van der Waals surface area contributed by atoms with Gasteiger partial charge in [-0.05, 0) is 155 Å². The minimum atomic E-state index is -1.45. The fourth-order valence-electron chi connectivity index (χ4n) is 17.3. The van der Waals surface area contributed by atoms with Crippen LogP contribution in [0.2, 0.25) is 0 Å². The van der Waals surface area contributed by atoms with Crippen LogP contribution in [0.5, 0.6) is 5.75 Å². The highest BCUT2D eigenvalue weighted by atomic mass is 16.6. The number of rotatable bonds is 10. The molecule has 11 nitrogen and oxygen atoms in total. The molecule has 11 heteroatoms. The number of esters is 2. The van der Waals surface area contributed by atoms with E-state index in [0.717, 1.165) is 41.5 Å². The molecule has 0 radical (unpaired) electrons. The smallest absolute Gasteiger partial charge is 0.340 e. The zero-order chi connectivity index (χ0) is 59.6. The zero-order valence-corrected chi connectivity index (χ0v) is 49.7. The van der Waals surface area contributed by atoms with E-state index in [-0.39, 0.29) is 114 Å². The van der Waals surface area contributed by atoms with Gasteiger partial charge in [0.05, 0.1) is 31.8 Å². The number of hydrogen-bond acceptors (Lipinski definition) is 11. The molecule has 2 saturated carbocycles. The molecule has 12 atom stereocenters. The first-order valence-corrected chi connectivity index (χ1v) is 31.7. The van der Waals surface area contributed by atoms with Crippen molar-refractivity contribution in [1.29, 1.82) is 0 Å². The zero-order valence-electron chi connectivity index (χ0n) is 49.7. The molecular formula is C76H76O11. The molecule has 0 spiro atoms. The molecule has 0 saturated heterocycles. The molecule has 87 heavy (non-hydrogen) atoms. The van der Waals surface area contributed by atoms with Gasteiger partial charge in [0.1, 0.15) is 11.3 Å². The minimum absolute atomic E-state index is 0.00680. The number of allylic oxidation sites excluding steroid dienone is 4. The van der Waals surface area contributed by atoms with Crippen molar-refractivity contribution < 1.29 is 48.3 Å². The second kappa shape index (κ2) is 23.5. The molecule has 4 heterocycles. The third kappa shape index (κ3) is 9.87. The van der Waals surface area contributed by atoms with Crippen LogP contribution in [0.15, 0.2) is 148 Å². The number of carbonyl (C=O) groups excluding carboxylic acids is 2. The summed E-state index contributed by atoms with van der Waals surface area (Å²) in [4.78, 5) is 46.4. The number of carbonyl (C=O) groups is 2. The molecule has 446 valence electrons. The SMILES string of the molecule is COCC(CCO)c1c(CO)c2ccc3c(c2oc1=O)C1OC(=O)CC2CC(c4cccc(C56CCCCC5C=Cc5ccccc56)c4)C=CC2c2ccc4cc2CC#CCC(C2CC5C=Cc6ccccc6C5C2)(O3)C1OC(=O)C(=C(C)CO)CC4. The van der Waals surface area contributed by atoms with Crippen LogP contribution in [-0.2, 0) is 48.7 Å². The van der Waals surface area contributed by atoms with Crippen molar-refractivity contribution in [2.24, 2.45) is 23.7 Å². The maximum Gasteiger partial charge on any atom is 0.340 e. The molecule has 6 aromatic rings. The van der Waals surface area contributed by atoms with Crippen LogP contribution in [-0.4, -0.2) is 65.9 Å². The van der Waals surface area contributed by atoms with Crippen molar-refractivity contribution in [1.82, 2.24) is 0 Å². The summed E-state index contributed by atoms with van der Waals surface area (Å²) in [6.07, 6.45) is 19.0. The Balaban J connectivity index is 0.951. The van der Waals surface area contributed by atoms with Crippen molar-refractivity contribution in [2.45, 2.75) is 144 Å². The fraction of sp³-hybridized carbons (Fsp3) is 0.408. The second-order valence-electron chi connectivity index (χ2n) is 25.9. The summed E-state index contributed by atoms with van der Waals surface area (Å²) in [5, 5.41) is 32.8. The van der Waals surface area contributed by atoms with Gasteiger partial charge in [0.15, 0.2) is 17.8 Å². The Labute approximate surface area is 508 Å². The van der Waals surface area contributed by atoms with Gasteiger partial charge in [0.2, 0.25) is 0 Å². The molecular weight excluding hydrogens is 1090 g/mol. The number of aliphatic hydroxyl groups is 3. The summed E-state index contributed by atoms with van der Waals surface area (Å²) >= 11 is 0. The van der Waals surface area contributed by atoms with E-state index in [4.69, 9.17) is 23.4 Å². The van der Waals surface area contributed by atoms with Crippen LogP contribution in [0, 0.1) is 35.5 Å². The lowest BCUT2D eigenvalue weighted by Gasteiger charge is -2.49. The summed E-state index contributed by atoms with van der Waals surface area (Å²) < 4.78 is 34.0. The highest BCUT2D eigenvalue weighted by Crippen LogP contribution is 2.59. The third-order valence-corrected chi connectivity index (χ3v) is 21.5. The van der Waals surface area contributed by atoms with Gasteiger partial charge in [-0.2, -0.15) is 0 Å². The molecule has 3 N–H and O–H groups in total. The number of fused-ring (bicyclic) bond motifs is 15. The lowest BCUT2D eigenvalue weighted by atomic mass is 9.56. The van der Waals surface area contributed by atoms with Crippen LogP contribution < -0.4 is 10.4 Å². The Morgan fingerprint density at radius 1 is 0.816 bits per heavy atom. The Bertz CT molecular complexity index is 3960. The number of aliphatic hydroxyl groups excluding tert-OH is 3.